The Morgan fingerprint density at radius 1 is 1.50 bits per heavy atom. The Morgan fingerprint density at radius 3 is 2.75 bits per heavy atom. The number of hydrogen-bond acceptors (Lipinski definition) is 3. The molecule has 1 atom stereocenters. The first-order valence-electron chi connectivity index (χ1n) is 7.40. The first kappa shape index (κ1) is 16.7. The number of hydrogen-bond donors (Lipinski definition) is 2. The molecule has 5 nitrogen and oxygen atoms in total. The molecule has 1 rings (SSSR count). The van der Waals surface area contributed by atoms with Crippen LogP contribution in [0.15, 0.2) is 12.4 Å². The van der Waals surface area contributed by atoms with Gasteiger partial charge in [-0.05, 0) is 40.0 Å². The lowest BCUT2D eigenvalue weighted by atomic mass is 9.94. The highest BCUT2D eigenvalue weighted by atomic mass is 16.4. The molecule has 0 aliphatic rings. The van der Waals surface area contributed by atoms with Crippen LogP contribution in [-0.2, 0) is 17.8 Å². The van der Waals surface area contributed by atoms with E-state index in [0.717, 1.165) is 31.6 Å². The molecule has 1 unspecified atom stereocenters. The number of carbonyl (C=O) groups is 1. The lowest BCUT2D eigenvalue weighted by Gasteiger charge is -2.28. The minimum absolute atomic E-state index is 0.163. The normalized spacial score (nSPS) is 14.4. The first-order valence-corrected chi connectivity index (χ1v) is 7.40. The number of carboxylic acid groups (broad SMARTS) is 1. The molecule has 0 radical (unpaired) electrons. The molecule has 1 aromatic heterocycles. The fourth-order valence-corrected chi connectivity index (χ4v) is 2.50. The van der Waals surface area contributed by atoms with Gasteiger partial charge in [-0.3, -0.25) is 10.1 Å². The molecule has 0 saturated carbocycles. The molecule has 0 aliphatic carbocycles. The number of nitrogens with zero attached hydrogens (tertiary/aromatic N) is 2. The van der Waals surface area contributed by atoms with Gasteiger partial charge in [0.2, 0.25) is 0 Å². The summed E-state index contributed by atoms with van der Waals surface area (Å²) in [5.74, 6) is 0.314. The second-order valence-corrected chi connectivity index (χ2v) is 5.78. The highest BCUT2D eigenvalue weighted by Gasteiger charge is 2.32. The molecular weight excluding hydrogens is 254 g/mol. The summed E-state index contributed by atoms with van der Waals surface area (Å²) in [6.07, 6.45) is 7.21. The van der Waals surface area contributed by atoms with Crippen LogP contribution in [0.1, 0.15) is 52.8 Å². The van der Waals surface area contributed by atoms with Crippen LogP contribution < -0.4 is 5.32 Å². The van der Waals surface area contributed by atoms with Gasteiger partial charge in [0, 0.05) is 31.4 Å². The van der Waals surface area contributed by atoms with Crippen LogP contribution in [0, 0.1) is 0 Å². The summed E-state index contributed by atoms with van der Waals surface area (Å²) >= 11 is 0. The van der Waals surface area contributed by atoms with Crippen LogP contribution in [0.25, 0.3) is 0 Å². The van der Waals surface area contributed by atoms with Crippen molar-refractivity contribution in [1.82, 2.24) is 14.9 Å². The molecule has 0 aliphatic heterocycles. The maximum Gasteiger partial charge on any atom is 0.323 e. The van der Waals surface area contributed by atoms with Crippen molar-refractivity contribution in [2.45, 2.75) is 71.5 Å². The fourth-order valence-electron chi connectivity index (χ4n) is 2.50. The molecule has 20 heavy (non-hydrogen) atoms. The zero-order valence-electron chi connectivity index (χ0n) is 13.0. The molecule has 2 N–H and O–H groups in total. The van der Waals surface area contributed by atoms with Crippen molar-refractivity contribution in [3.8, 4) is 0 Å². The van der Waals surface area contributed by atoms with E-state index in [-0.39, 0.29) is 6.04 Å². The van der Waals surface area contributed by atoms with Crippen molar-refractivity contribution in [3.05, 3.63) is 18.2 Å². The molecule has 0 saturated heterocycles. The van der Waals surface area contributed by atoms with Gasteiger partial charge in [0.15, 0.2) is 0 Å². The summed E-state index contributed by atoms with van der Waals surface area (Å²) in [6, 6.07) is 0.163. The van der Waals surface area contributed by atoms with Gasteiger partial charge in [0.1, 0.15) is 11.4 Å². The molecule has 0 bridgehead atoms. The predicted octanol–water partition coefficient (Wildman–Crippen LogP) is 2.46. The Labute approximate surface area is 121 Å². The van der Waals surface area contributed by atoms with E-state index in [9.17, 15) is 9.90 Å². The van der Waals surface area contributed by atoms with E-state index in [1.165, 1.54) is 0 Å². The second kappa shape index (κ2) is 7.43. The summed E-state index contributed by atoms with van der Waals surface area (Å²) in [5.41, 5.74) is -0.837. The number of aliphatic carboxylic acids is 1. The van der Waals surface area contributed by atoms with E-state index in [1.807, 2.05) is 26.2 Å². The summed E-state index contributed by atoms with van der Waals surface area (Å²) < 4.78 is 2.15. The van der Waals surface area contributed by atoms with E-state index in [1.54, 1.807) is 6.92 Å². The Bertz CT molecular complexity index is 429. The average Bonchev–Trinajstić information content (AvgIpc) is 2.81. The molecule has 0 aromatic carbocycles. The van der Waals surface area contributed by atoms with E-state index in [0.29, 0.717) is 6.42 Å². The number of aromatic nitrogens is 2. The Balaban J connectivity index is 2.43. The van der Waals surface area contributed by atoms with Crippen LogP contribution in [0.3, 0.4) is 0 Å². The van der Waals surface area contributed by atoms with Gasteiger partial charge in [0.25, 0.3) is 0 Å². The number of imidazole rings is 1. The van der Waals surface area contributed by atoms with Crippen molar-refractivity contribution in [3.63, 3.8) is 0 Å². The zero-order chi connectivity index (χ0) is 15.2. The molecule has 0 amide bonds. The van der Waals surface area contributed by atoms with Gasteiger partial charge in [-0.2, -0.15) is 0 Å². The van der Waals surface area contributed by atoms with Gasteiger partial charge in [-0.25, -0.2) is 4.98 Å². The third-order valence-corrected chi connectivity index (χ3v) is 3.52. The predicted molar refractivity (Wildman–Crippen MR) is 79.8 cm³/mol. The van der Waals surface area contributed by atoms with Crippen LogP contribution in [0.5, 0.6) is 0 Å². The summed E-state index contributed by atoms with van der Waals surface area (Å²) in [7, 11) is 0. The minimum atomic E-state index is -0.837. The number of nitrogens with one attached hydrogen (secondary N) is 1. The number of unbranched alkanes of at least 4 members (excludes halogenated alkanes) is 1. The summed E-state index contributed by atoms with van der Waals surface area (Å²) in [4.78, 5) is 15.7. The number of rotatable bonds is 9. The SMILES string of the molecule is CCc1nccn1CCCCC(C)(NC(C)C)C(=O)O. The molecule has 1 aromatic rings. The highest BCUT2D eigenvalue weighted by Crippen LogP contribution is 2.16. The van der Waals surface area contributed by atoms with Crippen LogP contribution in [0.4, 0.5) is 0 Å². The van der Waals surface area contributed by atoms with Gasteiger partial charge in [-0.15, -0.1) is 0 Å². The van der Waals surface area contributed by atoms with Gasteiger partial charge in [-0.1, -0.05) is 6.92 Å². The minimum Gasteiger partial charge on any atom is -0.480 e. The Morgan fingerprint density at radius 2 is 2.20 bits per heavy atom. The Kier molecular flexibility index (Phi) is 6.20. The van der Waals surface area contributed by atoms with Crippen LogP contribution in [-0.4, -0.2) is 32.2 Å². The van der Waals surface area contributed by atoms with Crippen molar-refractivity contribution >= 4 is 5.97 Å². The zero-order valence-corrected chi connectivity index (χ0v) is 13.0. The molecule has 0 fully saturated rings. The maximum atomic E-state index is 11.4. The van der Waals surface area contributed by atoms with Gasteiger partial charge < -0.3 is 9.67 Å². The van der Waals surface area contributed by atoms with Crippen molar-refractivity contribution in [2.75, 3.05) is 0 Å². The standard InChI is InChI=1S/C15H27N3O2/c1-5-13-16-9-11-18(13)10-7-6-8-15(4,14(19)20)17-12(2)3/h9,11-12,17H,5-8,10H2,1-4H3,(H,19,20). The molecule has 114 valence electrons. The number of carboxylic acids is 1. The van der Waals surface area contributed by atoms with E-state index >= 15 is 0 Å². The van der Waals surface area contributed by atoms with Crippen molar-refractivity contribution in [1.29, 1.82) is 0 Å². The lowest BCUT2D eigenvalue weighted by Crippen LogP contribution is -2.52. The first-order chi connectivity index (χ1) is 9.39. The Hall–Kier alpha value is -1.36. The largest absolute Gasteiger partial charge is 0.480 e. The molecule has 1 heterocycles. The summed E-state index contributed by atoms with van der Waals surface area (Å²) in [5, 5.41) is 12.5. The van der Waals surface area contributed by atoms with Crippen LogP contribution in [0.2, 0.25) is 0 Å². The monoisotopic (exact) mass is 281 g/mol. The topological polar surface area (TPSA) is 67.2 Å². The highest BCUT2D eigenvalue weighted by molar-refractivity contribution is 5.78. The van der Waals surface area contributed by atoms with Crippen LogP contribution >= 0.6 is 0 Å². The van der Waals surface area contributed by atoms with E-state index in [2.05, 4.69) is 21.8 Å². The van der Waals surface area contributed by atoms with E-state index < -0.39 is 11.5 Å². The summed E-state index contributed by atoms with van der Waals surface area (Å²) in [6.45, 7) is 8.71. The lowest BCUT2D eigenvalue weighted by molar-refractivity contribution is -0.144. The average molecular weight is 281 g/mol. The second-order valence-electron chi connectivity index (χ2n) is 5.78. The quantitative estimate of drug-likeness (QED) is 0.682. The van der Waals surface area contributed by atoms with Crippen molar-refractivity contribution in [2.24, 2.45) is 0 Å². The number of aryl methyl sites for hydroxylation is 2. The molecule has 5 heteroatoms. The fraction of sp³-hybridized carbons (Fsp3) is 0.733. The third kappa shape index (κ3) is 4.63. The van der Waals surface area contributed by atoms with Crippen molar-refractivity contribution < 1.29 is 9.90 Å². The molecule has 0 spiro atoms. The third-order valence-electron chi connectivity index (χ3n) is 3.52. The van der Waals surface area contributed by atoms with Gasteiger partial charge in [0.05, 0.1) is 0 Å². The molecular formula is C15H27N3O2. The van der Waals surface area contributed by atoms with E-state index in [4.69, 9.17) is 0 Å². The van der Waals surface area contributed by atoms with Gasteiger partial charge >= 0.3 is 5.97 Å². The maximum absolute atomic E-state index is 11.4. The smallest absolute Gasteiger partial charge is 0.323 e.